The fourth-order valence-electron chi connectivity index (χ4n) is 2.29. The number of sulfonamides is 1. The Morgan fingerprint density at radius 3 is 3.00 bits per heavy atom. The first-order valence-corrected chi connectivity index (χ1v) is 7.93. The maximum absolute atomic E-state index is 12.1. The molecule has 3 N–H and O–H groups in total. The van der Waals surface area contributed by atoms with Crippen molar-refractivity contribution in [1.82, 2.24) is 14.6 Å². The summed E-state index contributed by atoms with van der Waals surface area (Å²) in [6.07, 6.45) is 2.45. The number of nitrogens with two attached hydrogens (primary N) is 1. The van der Waals surface area contributed by atoms with Crippen LogP contribution in [-0.2, 0) is 10.0 Å². The van der Waals surface area contributed by atoms with Crippen molar-refractivity contribution in [2.24, 2.45) is 5.92 Å². The highest BCUT2D eigenvalue weighted by molar-refractivity contribution is 7.89. The molecule has 0 saturated carbocycles. The molecule has 1 aliphatic rings. The lowest BCUT2D eigenvalue weighted by molar-refractivity contribution is 0.342. The number of hydrogen-bond acceptors (Lipinski definition) is 5. The van der Waals surface area contributed by atoms with Gasteiger partial charge in [0, 0.05) is 19.3 Å². The van der Waals surface area contributed by atoms with E-state index < -0.39 is 10.0 Å². The maximum Gasteiger partial charge on any atom is 0.260 e. The fraction of sp³-hybridized carbons (Fsp3) is 0.583. The Morgan fingerprint density at radius 1 is 1.58 bits per heavy atom. The van der Waals surface area contributed by atoms with E-state index in [1.165, 1.54) is 12.3 Å². The molecule has 1 atom stereocenters. The van der Waals surface area contributed by atoms with Crippen molar-refractivity contribution in [3.8, 4) is 0 Å². The van der Waals surface area contributed by atoms with Crippen molar-refractivity contribution in [2.45, 2.75) is 18.4 Å². The predicted molar refractivity (Wildman–Crippen MR) is 74.1 cm³/mol. The summed E-state index contributed by atoms with van der Waals surface area (Å²) < 4.78 is 26.8. The van der Waals surface area contributed by atoms with Gasteiger partial charge in [-0.25, -0.2) is 18.1 Å². The Morgan fingerprint density at radius 2 is 2.37 bits per heavy atom. The molecular weight excluding hydrogens is 264 g/mol. The monoisotopic (exact) mass is 284 g/mol. The van der Waals surface area contributed by atoms with Gasteiger partial charge in [0.05, 0.1) is 5.69 Å². The van der Waals surface area contributed by atoms with Crippen molar-refractivity contribution in [3.63, 3.8) is 0 Å². The average Bonchev–Trinajstić information content (AvgIpc) is 2.85. The molecule has 1 aliphatic heterocycles. The van der Waals surface area contributed by atoms with Gasteiger partial charge >= 0.3 is 0 Å². The smallest absolute Gasteiger partial charge is 0.260 e. The van der Waals surface area contributed by atoms with E-state index in [0.717, 1.165) is 26.1 Å². The normalized spacial score (nSPS) is 20.8. The number of likely N-dealkylation sites (tertiary alicyclic amines) is 1. The molecule has 1 fully saturated rings. The van der Waals surface area contributed by atoms with Gasteiger partial charge in [0.2, 0.25) is 0 Å². The molecule has 0 aromatic carbocycles. The van der Waals surface area contributed by atoms with Gasteiger partial charge in [-0.15, -0.1) is 0 Å². The molecule has 0 aliphatic carbocycles. The molecule has 106 valence electrons. The second-order valence-corrected chi connectivity index (χ2v) is 6.48. The van der Waals surface area contributed by atoms with E-state index in [-0.39, 0.29) is 10.7 Å². The van der Waals surface area contributed by atoms with Gasteiger partial charge < -0.3 is 10.6 Å². The number of nitrogens with zero attached hydrogens (tertiary/aromatic N) is 2. The van der Waals surface area contributed by atoms with E-state index in [4.69, 9.17) is 5.73 Å². The van der Waals surface area contributed by atoms with Crippen LogP contribution in [0.4, 0.5) is 5.69 Å². The third-order valence-electron chi connectivity index (χ3n) is 3.43. The molecule has 6 nitrogen and oxygen atoms in total. The van der Waals surface area contributed by atoms with Crippen LogP contribution in [0.2, 0.25) is 0 Å². The minimum Gasteiger partial charge on any atom is -0.396 e. The largest absolute Gasteiger partial charge is 0.396 e. The molecule has 0 radical (unpaired) electrons. The highest BCUT2D eigenvalue weighted by Crippen LogP contribution is 2.17. The number of pyridine rings is 1. The summed E-state index contributed by atoms with van der Waals surface area (Å²) in [7, 11) is -3.61. The van der Waals surface area contributed by atoms with Gasteiger partial charge in [-0.05, 0) is 37.6 Å². The van der Waals surface area contributed by atoms with E-state index in [9.17, 15) is 8.42 Å². The van der Waals surface area contributed by atoms with Crippen molar-refractivity contribution in [2.75, 3.05) is 31.9 Å². The Hall–Kier alpha value is -1.18. The molecule has 2 heterocycles. The first kappa shape index (κ1) is 14.2. The SMILES string of the molecule is CCN1CCC(CNS(=O)(=O)c2ncccc2N)C1. The van der Waals surface area contributed by atoms with Crippen molar-refractivity contribution < 1.29 is 8.42 Å². The third kappa shape index (κ3) is 3.43. The van der Waals surface area contributed by atoms with Crippen LogP contribution in [0.5, 0.6) is 0 Å². The predicted octanol–water partition coefficient (Wildman–Crippen LogP) is 0.284. The van der Waals surface area contributed by atoms with Gasteiger partial charge in [0.1, 0.15) is 0 Å². The standard InChI is InChI=1S/C12H20N4O2S/c1-2-16-7-5-10(9-16)8-15-19(17,18)12-11(13)4-3-6-14-12/h3-4,6,10,15H,2,5,7-9,13H2,1H3. The van der Waals surface area contributed by atoms with E-state index in [1.807, 2.05) is 0 Å². The summed E-state index contributed by atoms with van der Waals surface area (Å²) in [6, 6.07) is 3.15. The number of nitrogen functional groups attached to an aromatic ring is 1. The molecule has 1 aromatic rings. The maximum atomic E-state index is 12.1. The van der Waals surface area contributed by atoms with Crippen LogP contribution >= 0.6 is 0 Å². The number of rotatable bonds is 5. The second-order valence-electron chi connectivity index (χ2n) is 4.80. The first-order valence-electron chi connectivity index (χ1n) is 6.45. The zero-order chi connectivity index (χ0) is 13.9. The lowest BCUT2D eigenvalue weighted by Crippen LogP contribution is -2.32. The van der Waals surface area contributed by atoms with Gasteiger partial charge in [0.25, 0.3) is 10.0 Å². The van der Waals surface area contributed by atoms with Crippen LogP contribution < -0.4 is 10.5 Å². The number of nitrogens with one attached hydrogen (secondary N) is 1. The minimum atomic E-state index is -3.61. The summed E-state index contributed by atoms with van der Waals surface area (Å²) in [5.41, 5.74) is 5.82. The Labute approximate surface area is 114 Å². The Bertz CT molecular complexity index is 532. The summed E-state index contributed by atoms with van der Waals surface area (Å²) >= 11 is 0. The average molecular weight is 284 g/mol. The number of hydrogen-bond donors (Lipinski definition) is 2. The third-order valence-corrected chi connectivity index (χ3v) is 4.83. The highest BCUT2D eigenvalue weighted by atomic mass is 32.2. The van der Waals surface area contributed by atoms with E-state index >= 15 is 0 Å². The highest BCUT2D eigenvalue weighted by Gasteiger charge is 2.24. The number of anilines is 1. The van der Waals surface area contributed by atoms with Crippen LogP contribution in [-0.4, -0.2) is 44.5 Å². The summed E-state index contributed by atoms with van der Waals surface area (Å²) in [5, 5.41) is -0.0830. The molecule has 1 aromatic heterocycles. The van der Waals surface area contributed by atoms with Gasteiger partial charge in [-0.3, -0.25) is 0 Å². The molecular formula is C12H20N4O2S. The summed E-state index contributed by atoms with van der Waals surface area (Å²) in [6.45, 7) is 5.54. The van der Waals surface area contributed by atoms with E-state index in [2.05, 4.69) is 21.5 Å². The zero-order valence-corrected chi connectivity index (χ0v) is 11.9. The van der Waals surface area contributed by atoms with Crippen LogP contribution in [0.15, 0.2) is 23.4 Å². The fourth-order valence-corrected chi connectivity index (χ4v) is 3.46. The van der Waals surface area contributed by atoms with E-state index in [1.54, 1.807) is 6.07 Å². The number of aromatic nitrogens is 1. The molecule has 0 amide bonds. The van der Waals surface area contributed by atoms with Gasteiger partial charge in [0.15, 0.2) is 5.03 Å². The van der Waals surface area contributed by atoms with Gasteiger partial charge in [-0.1, -0.05) is 6.92 Å². The molecule has 1 unspecified atom stereocenters. The van der Waals surface area contributed by atoms with Crippen LogP contribution in [0.3, 0.4) is 0 Å². The van der Waals surface area contributed by atoms with E-state index in [0.29, 0.717) is 12.5 Å². The Balaban J connectivity index is 1.97. The van der Waals surface area contributed by atoms with Crippen molar-refractivity contribution in [1.29, 1.82) is 0 Å². The molecule has 2 rings (SSSR count). The summed E-state index contributed by atoms with van der Waals surface area (Å²) in [4.78, 5) is 6.15. The minimum absolute atomic E-state index is 0.0830. The lowest BCUT2D eigenvalue weighted by atomic mass is 10.1. The molecule has 7 heteroatoms. The van der Waals surface area contributed by atoms with Crippen LogP contribution in [0.25, 0.3) is 0 Å². The molecule has 19 heavy (non-hydrogen) atoms. The zero-order valence-electron chi connectivity index (χ0n) is 11.0. The molecule has 0 bridgehead atoms. The van der Waals surface area contributed by atoms with Gasteiger partial charge in [-0.2, -0.15) is 0 Å². The first-order chi connectivity index (χ1) is 9.03. The topological polar surface area (TPSA) is 88.3 Å². The molecule has 0 spiro atoms. The quantitative estimate of drug-likeness (QED) is 0.811. The lowest BCUT2D eigenvalue weighted by Gasteiger charge is -2.14. The van der Waals surface area contributed by atoms with Crippen molar-refractivity contribution >= 4 is 15.7 Å². The summed E-state index contributed by atoms with van der Waals surface area (Å²) in [5.74, 6) is 0.361. The molecule has 1 saturated heterocycles. The van der Waals surface area contributed by atoms with Crippen LogP contribution in [0.1, 0.15) is 13.3 Å². The second kappa shape index (κ2) is 5.85. The van der Waals surface area contributed by atoms with Crippen molar-refractivity contribution in [3.05, 3.63) is 18.3 Å². The Kier molecular flexibility index (Phi) is 4.38. The van der Waals surface area contributed by atoms with Crippen LogP contribution in [0, 0.1) is 5.92 Å².